The Morgan fingerprint density at radius 3 is 2.50 bits per heavy atom. The molecule has 0 saturated heterocycles. The van der Waals surface area contributed by atoms with Gasteiger partial charge in [-0.2, -0.15) is 0 Å². The predicted octanol–water partition coefficient (Wildman–Crippen LogP) is 3.42. The van der Waals surface area contributed by atoms with Gasteiger partial charge in [0, 0.05) is 24.7 Å². The van der Waals surface area contributed by atoms with Gasteiger partial charge in [-0.05, 0) is 41.8 Å². The number of anilines is 1. The molecule has 0 spiro atoms. The summed E-state index contributed by atoms with van der Waals surface area (Å²) >= 11 is 0. The zero-order valence-electron chi connectivity index (χ0n) is 15.1. The first kappa shape index (κ1) is 19.2. The molecule has 5 nitrogen and oxygen atoms in total. The number of aryl methyl sites for hydroxylation is 1. The minimum atomic E-state index is -0.234. The van der Waals surface area contributed by atoms with Gasteiger partial charge in [0.15, 0.2) is 0 Å². The maximum atomic E-state index is 12.0. The van der Waals surface area contributed by atoms with Gasteiger partial charge in [-0.3, -0.25) is 9.59 Å². The summed E-state index contributed by atoms with van der Waals surface area (Å²) in [7, 11) is 1.61. The van der Waals surface area contributed by atoms with Gasteiger partial charge in [0.1, 0.15) is 5.75 Å². The largest absolute Gasteiger partial charge is 0.497 e. The fourth-order valence-corrected chi connectivity index (χ4v) is 2.41. The van der Waals surface area contributed by atoms with Crippen molar-refractivity contribution in [3.63, 3.8) is 0 Å². The van der Waals surface area contributed by atoms with E-state index >= 15 is 0 Å². The first-order chi connectivity index (χ1) is 12.6. The van der Waals surface area contributed by atoms with Gasteiger partial charge in [0.25, 0.3) is 0 Å². The Labute approximate surface area is 154 Å². The molecule has 0 aliphatic rings. The Hall–Kier alpha value is -3.08. The van der Waals surface area contributed by atoms with Crippen LogP contribution >= 0.6 is 0 Å². The van der Waals surface area contributed by atoms with Crippen molar-refractivity contribution < 1.29 is 14.3 Å². The van der Waals surface area contributed by atoms with Crippen LogP contribution in [0.2, 0.25) is 0 Å². The molecule has 2 aromatic carbocycles. The SMILES string of the molecule is CCc1ccccc1NC(=O)CCNC(=O)/C=C/c1ccc(OC)cc1. The number of methoxy groups -OCH3 is 1. The van der Waals surface area contributed by atoms with Crippen molar-refractivity contribution in [1.29, 1.82) is 0 Å². The van der Waals surface area contributed by atoms with Gasteiger partial charge >= 0.3 is 0 Å². The lowest BCUT2D eigenvalue weighted by Gasteiger charge is -2.09. The molecule has 0 aliphatic carbocycles. The predicted molar refractivity (Wildman–Crippen MR) is 104 cm³/mol. The third-order valence-corrected chi connectivity index (χ3v) is 3.87. The van der Waals surface area contributed by atoms with Crippen molar-refractivity contribution >= 4 is 23.6 Å². The minimum absolute atomic E-state index is 0.120. The Bertz CT molecular complexity index is 767. The molecular weight excluding hydrogens is 328 g/mol. The molecule has 0 aromatic heterocycles. The molecule has 2 N–H and O–H groups in total. The number of nitrogens with one attached hydrogen (secondary N) is 2. The number of hydrogen-bond acceptors (Lipinski definition) is 3. The molecule has 0 heterocycles. The lowest BCUT2D eigenvalue weighted by Crippen LogP contribution is -2.26. The molecule has 0 fully saturated rings. The third kappa shape index (κ3) is 6.09. The van der Waals surface area contributed by atoms with E-state index in [1.54, 1.807) is 13.2 Å². The van der Waals surface area contributed by atoms with Gasteiger partial charge < -0.3 is 15.4 Å². The van der Waals surface area contributed by atoms with E-state index in [0.717, 1.165) is 29.0 Å². The highest BCUT2D eigenvalue weighted by Gasteiger charge is 2.06. The summed E-state index contributed by atoms with van der Waals surface area (Å²) in [6.45, 7) is 2.33. The second kappa shape index (κ2) is 10.0. The highest BCUT2D eigenvalue weighted by atomic mass is 16.5. The Morgan fingerprint density at radius 2 is 1.81 bits per heavy atom. The number of benzene rings is 2. The average Bonchev–Trinajstić information content (AvgIpc) is 2.67. The number of rotatable bonds is 8. The number of amides is 2. The van der Waals surface area contributed by atoms with E-state index in [1.165, 1.54) is 6.08 Å². The summed E-state index contributed by atoms with van der Waals surface area (Å²) in [5.41, 5.74) is 2.81. The summed E-state index contributed by atoms with van der Waals surface area (Å²) in [6.07, 6.45) is 4.24. The number of hydrogen-bond donors (Lipinski definition) is 2. The van der Waals surface area contributed by atoms with Gasteiger partial charge in [-0.1, -0.05) is 37.3 Å². The molecule has 0 atom stereocenters. The number of ether oxygens (including phenoxy) is 1. The van der Waals surface area contributed by atoms with Crippen LogP contribution in [0.4, 0.5) is 5.69 Å². The highest BCUT2D eigenvalue weighted by Crippen LogP contribution is 2.15. The smallest absolute Gasteiger partial charge is 0.244 e. The number of carbonyl (C=O) groups is 2. The quantitative estimate of drug-likeness (QED) is 0.716. The zero-order valence-corrected chi connectivity index (χ0v) is 15.1. The molecule has 0 unspecified atom stereocenters. The van der Waals surface area contributed by atoms with Crippen molar-refractivity contribution in [2.45, 2.75) is 19.8 Å². The first-order valence-corrected chi connectivity index (χ1v) is 8.60. The van der Waals surface area contributed by atoms with Crippen molar-refractivity contribution in [2.75, 3.05) is 19.0 Å². The van der Waals surface area contributed by atoms with Crippen molar-refractivity contribution in [3.8, 4) is 5.75 Å². The summed E-state index contributed by atoms with van der Waals surface area (Å²) in [5, 5.41) is 5.59. The Balaban J connectivity index is 1.75. The van der Waals surface area contributed by atoms with Gasteiger partial charge in [0.05, 0.1) is 7.11 Å². The molecule has 0 aliphatic heterocycles. The van der Waals surface area contributed by atoms with E-state index in [9.17, 15) is 9.59 Å². The minimum Gasteiger partial charge on any atom is -0.497 e. The van der Waals surface area contributed by atoms with Gasteiger partial charge in [0.2, 0.25) is 11.8 Å². The summed E-state index contributed by atoms with van der Waals surface area (Å²) < 4.78 is 5.09. The number of para-hydroxylation sites is 1. The monoisotopic (exact) mass is 352 g/mol. The maximum Gasteiger partial charge on any atom is 0.244 e. The standard InChI is InChI=1S/C21H24N2O3/c1-3-17-6-4-5-7-19(17)23-21(25)14-15-22-20(24)13-10-16-8-11-18(26-2)12-9-16/h4-13H,3,14-15H2,1-2H3,(H,22,24)(H,23,25)/b13-10+. The lowest BCUT2D eigenvalue weighted by molar-refractivity contribution is -0.117. The topological polar surface area (TPSA) is 67.4 Å². The summed E-state index contributed by atoms with van der Waals surface area (Å²) in [6, 6.07) is 15.1. The van der Waals surface area contributed by atoms with Crippen molar-refractivity contribution in [2.24, 2.45) is 0 Å². The number of carbonyl (C=O) groups excluding carboxylic acids is 2. The molecule has 0 bridgehead atoms. The van der Waals surface area contributed by atoms with Crippen molar-refractivity contribution in [3.05, 3.63) is 65.7 Å². The van der Waals surface area contributed by atoms with Crippen LogP contribution in [-0.4, -0.2) is 25.5 Å². The van der Waals surface area contributed by atoms with Crippen LogP contribution in [0.1, 0.15) is 24.5 Å². The van der Waals surface area contributed by atoms with E-state index in [1.807, 2.05) is 55.5 Å². The Morgan fingerprint density at radius 1 is 1.08 bits per heavy atom. The fourth-order valence-electron chi connectivity index (χ4n) is 2.41. The van der Waals surface area contributed by atoms with E-state index < -0.39 is 0 Å². The lowest BCUT2D eigenvalue weighted by atomic mass is 10.1. The van der Waals surface area contributed by atoms with E-state index in [-0.39, 0.29) is 24.8 Å². The van der Waals surface area contributed by atoms with Crippen molar-refractivity contribution in [1.82, 2.24) is 5.32 Å². The fraction of sp³-hybridized carbons (Fsp3) is 0.238. The summed E-state index contributed by atoms with van der Waals surface area (Å²) in [4.78, 5) is 23.8. The highest BCUT2D eigenvalue weighted by molar-refractivity contribution is 5.94. The van der Waals surface area contributed by atoms with Crippen LogP contribution in [-0.2, 0) is 16.0 Å². The average molecular weight is 352 g/mol. The van der Waals surface area contributed by atoms with Crippen LogP contribution in [0.25, 0.3) is 6.08 Å². The van der Waals surface area contributed by atoms with Crippen LogP contribution in [0, 0.1) is 0 Å². The van der Waals surface area contributed by atoms with Crippen LogP contribution in [0.3, 0.4) is 0 Å². The molecule has 136 valence electrons. The first-order valence-electron chi connectivity index (χ1n) is 8.60. The molecular formula is C21H24N2O3. The van der Waals surface area contributed by atoms with Crippen LogP contribution in [0.5, 0.6) is 5.75 Å². The normalized spacial score (nSPS) is 10.5. The van der Waals surface area contributed by atoms with E-state index in [2.05, 4.69) is 10.6 Å². The Kier molecular flexibility index (Phi) is 7.43. The van der Waals surface area contributed by atoms with E-state index in [0.29, 0.717) is 0 Å². The molecule has 0 radical (unpaired) electrons. The van der Waals surface area contributed by atoms with Gasteiger partial charge in [-0.15, -0.1) is 0 Å². The van der Waals surface area contributed by atoms with Crippen LogP contribution in [0.15, 0.2) is 54.6 Å². The molecule has 5 heteroatoms. The van der Waals surface area contributed by atoms with E-state index in [4.69, 9.17) is 4.74 Å². The molecule has 2 rings (SSSR count). The molecule has 2 amide bonds. The third-order valence-electron chi connectivity index (χ3n) is 3.87. The van der Waals surface area contributed by atoms with Crippen LogP contribution < -0.4 is 15.4 Å². The van der Waals surface area contributed by atoms with Gasteiger partial charge in [-0.25, -0.2) is 0 Å². The second-order valence-corrected chi connectivity index (χ2v) is 5.71. The molecule has 0 saturated carbocycles. The summed E-state index contributed by atoms with van der Waals surface area (Å²) in [5.74, 6) is 0.412. The molecule has 26 heavy (non-hydrogen) atoms. The maximum absolute atomic E-state index is 12.0. The zero-order chi connectivity index (χ0) is 18.8. The second-order valence-electron chi connectivity index (χ2n) is 5.71. The molecule has 2 aromatic rings.